The van der Waals surface area contributed by atoms with Crippen molar-refractivity contribution in [2.75, 3.05) is 7.11 Å². The highest BCUT2D eigenvalue weighted by Gasteiger charge is 2.14. The maximum absolute atomic E-state index is 12.3. The van der Waals surface area contributed by atoms with Crippen molar-refractivity contribution in [2.45, 2.75) is 0 Å². The van der Waals surface area contributed by atoms with E-state index < -0.39 is 0 Å². The number of nitrogens with zero attached hydrogens (tertiary/aromatic N) is 4. The third-order valence-corrected chi connectivity index (χ3v) is 4.78. The lowest BCUT2D eigenvalue weighted by molar-refractivity contribution is 0.414. The first kappa shape index (κ1) is 18.3. The smallest absolute Gasteiger partial charge is 0.250 e. The van der Waals surface area contributed by atoms with Crippen molar-refractivity contribution >= 4 is 0 Å². The van der Waals surface area contributed by atoms with Crippen LogP contribution in [0, 0.1) is 11.3 Å². The SMILES string of the molecule is COc1ccc(C#N)c(-n2cc(-c3cn(C)c(=O)cc3-c3ccccc3)cn2)c1. The van der Waals surface area contributed by atoms with E-state index in [2.05, 4.69) is 11.2 Å². The maximum Gasteiger partial charge on any atom is 0.250 e. The van der Waals surface area contributed by atoms with Crippen molar-refractivity contribution in [2.24, 2.45) is 7.05 Å². The quantitative estimate of drug-likeness (QED) is 0.538. The molecule has 4 aromatic rings. The number of methoxy groups -OCH3 is 1. The van der Waals surface area contributed by atoms with E-state index in [0.29, 0.717) is 17.0 Å². The first-order valence-electron chi connectivity index (χ1n) is 9.00. The summed E-state index contributed by atoms with van der Waals surface area (Å²) in [5.41, 5.74) is 4.54. The highest BCUT2D eigenvalue weighted by atomic mass is 16.5. The molecule has 0 saturated heterocycles. The zero-order valence-electron chi connectivity index (χ0n) is 16.0. The average Bonchev–Trinajstić information content (AvgIpc) is 3.25. The second-order valence-electron chi connectivity index (χ2n) is 6.58. The molecule has 0 amide bonds. The Kier molecular flexibility index (Phi) is 4.71. The van der Waals surface area contributed by atoms with Gasteiger partial charge in [-0.25, -0.2) is 4.68 Å². The Bertz CT molecular complexity index is 1280. The third-order valence-electron chi connectivity index (χ3n) is 4.78. The maximum atomic E-state index is 12.3. The van der Waals surface area contributed by atoms with Crippen LogP contribution in [0.5, 0.6) is 5.75 Å². The predicted octanol–water partition coefficient (Wildman–Crippen LogP) is 3.79. The van der Waals surface area contributed by atoms with Crippen LogP contribution in [0.15, 0.2) is 78.0 Å². The van der Waals surface area contributed by atoms with Crippen molar-refractivity contribution in [1.29, 1.82) is 5.26 Å². The van der Waals surface area contributed by atoms with Crippen LogP contribution in [-0.2, 0) is 7.05 Å². The Morgan fingerprint density at radius 1 is 1.00 bits per heavy atom. The highest BCUT2D eigenvalue weighted by molar-refractivity contribution is 5.82. The Morgan fingerprint density at radius 3 is 2.52 bits per heavy atom. The van der Waals surface area contributed by atoms with E-state index in [1.54, 1.807) is 53.9 Å². The second-order valence-corrected chi connectivity index (χ2v) is 6.58. The standard InChI is InChI=1S/C23H18N4O2/c1-26-15-21(20(11-23(26)28)16-6-4-3-5-7-16)18-13-25-27(14-18)22-10-19(29-2)9-8-17(22)12-24/h3-11,13-15H,1-2H3. The summed E-state index contributed by atoms with van der Waals surface area (Å²) in [5.74, 6) is 0.642. The molecule has 0 radical (unpaired) electrons. The van der Waals surface area contributed by atoms with E-state index in [0.717, 1.165) is 22.3 Å². The van der Waals surface area contributed by atoms with Crippen LogP contribution in [-0.4, -0.2) is 21.5 Å². The number of nitriles is 1. The molecule has 2 heterocycles. The van der Waals surface area contributed by atoms with Crippen molar-refractivity contribution in [3.63, 3.8) is 0 Å². The lowest BCUT2D eigenvalue weighted by Crippen LogP contribution is -2.15. The number of benzene rings is 2. The van der Waals surface area contributed by atoms with Gasteiger partial charge in [-0.05, 0) is 23.3 Å². The normalized spacial score (nSPS) is 10.5. The van der Waals surface area contributed by atoms with Gasteiger partial charge in [0.2, 0.25) is 0 Å². The fourth-order valence-corrected chi connectivity index (χ4v) is 3.23. The number of ether oxygens (including phenoxy) is 1. The number of hydrogen-bond donors (Lipinski definition) is 0. The number of rotatable bonds is 4. The summed E-state index contributed by atoms with van der Waals surface area (Å²) in [6.45, 7) is 0. The molecule has 142 valence electrons. The molecule has 0 aliphatic carbocycles. The molecule has 2 aromatic carbocycles. The third kappa shape index (κ3) is 3.42. The van der Waals surface area contributed by atoms with Crippen LogP contribution in [0.1, 0.15) is 5.56 Å². The molecule has 0 aliphatic rings. The van der Waals surface area contributed by atoms with E-state index in [-0.39, 0.29) is 5.56 Å². The van der Waals surface area contributed by atoms with E-state index in [4.69, 9.17) is 4.74 Å². The fourth-order valence-electron chi connectivity index (χ4n) is 3.23. The Morgan fingerprint density at radius 2 is 1.79 bits per heavy atom. The number of pyridine rings is 1. The van der Waals surface area contributed by atoms with Gasteiger partial charge in [0.15, 0.2) is 0 Å². The van der Waals surface area contributed by atoms with Gasteiger partial charge in [-0.2, -0.15) is 10.4 Å². The molecule has 6 heteroatoms. The zero-order chi connectivity index (χ0) is 20.4. The minimum absolute atomic E-state index is 0.0837. The molecule has 0 saturated carbocycles. The highest BCUT2D eigenvalue weighted by Crippen LogP contribution is 2.31. The van der Waals surface area contributed by atoms with Gasteiger partial charge in [-0.15, -0.1) is 0 Å². The molecular formula is C23H18N4O2. The van der Waals surface area contributed by atoms with Crippen molar-refractivity contribution in [3.8, 4) is 39.8 Å². The van der Waals surface area contributed by atoms with Gasteiger partial charge in [0.1, 0.15) is 11.8 Å². The van der Waals surface area contributed by atoms with Gasteiger partial charge in [-0.3, -0.25) is 4.79 Å². The Balaban J connectivity index is 1.87. The van der Waals surface area contributed by atoms with Crippen LogP contribution in [0.3, 0.4) is 0 Å². The van der Waals surface area contributed by atoms with Gasteiger partial charge in [0.25, 0.3) is 5.56 Å². The molecule has 29 heavy (non-hydrogen) atoms. The first-order valence-corrected chi connectivity index (χ1v) is 9.00. The Hall–Kier alpha value is -4.11. The topological polar surface area (TPSA) is 72.8 Å². The average molecular weight is 382 g/mol. The number of aromatic nitrogens is 3. The molecule has 0 atom stereocenters. The molecule has 4 rings (SSSR count). The van der Waals surface area contributed by atoms with Crippen LogP contribution in [0.25, 0.3) is 27.9 Å². The summed E-state index contributed by atoms with van der Waals surface area (Å²) < 4.78 is 8.48. The van der Waals surface area contributed by atoms with E-state index >= 15 is 0 Å². The van der Waals surface area contributed by atoms with E-state index in [1.165, 1.54) is 0 Å². The summed E-state index contributed by atoms with van der Waals surface area (Å²) in [6, 6.07) is 18.8. The predicted molar refractivity (Wildman–Crippen MR) is 111 cm³/mol. The first-order chi connectivity index (χ1) is 14.1. The van der Waals surface area contributed by atoms with Crippen LogP contribution >= 0.6 is 0 Å². The van der Waals surface area contributed by atoms with Gasteiger partial charge in [0, 0.05) is 42.7 Å². The summed E-state index contributed by atoms with van der Waals surface area (Å²) >= 11 is 0. The molecule has 0 N–H and O–H groups in total. The minimum atomic E-state index is -0.0837. The van der Waals surface area contributed by atoms with E-state index in [9.17, 15) is 10.1 Å². The van der Waals surface area contributed by atoms with Crippen molar-refractivity contribution in [1.82, 2.24) is 14.3 Å². The zero-order valence-corrected chi connectivity index (χ0v) is 16.0. The lowest BCUT2D eigenvalue weighted by Gasteiger charge is -2.10. The van der Waals surface area contributed by atoms with Gasteiger partial charge < -0.3 is 9.30 Å². The molecule has 0 bridgehead atoms. The summed E-state index contributed by atoms with van der Waals surface area (Å²) in [5, 5.41) is 13.9. The number of hydrogen-bond acceptors (Lipinski definition) is 4. The monoisotopic (exact) mass is 382 g/mol. The number of aryl methyl sites for hydroxylation is 1. The largest absolute Gasteiger partial charge is 0.497 e. The van der Waals surface area contributed by atoms with Crippen LogP contribution in [0.4, 0.5) is 0 Å². The minimum Gasteiger partial charge on any atom is -0.497 e. The van der Waals surface area contributed by atoms with Crippen molar-refractivity contribution < 1.29 is 4.74 Å². The fraction of sp³-hybridized carbons (Fsp3) is 0.0870. The second kappa shape index (κ2) is 7.49. The lowest BCUT2D eigenvalue weighted by atomic mass is 9.98. The van der Waals surface area contributed by atoms with Crippen LogP contribution < -0.4 is 10.3 Å². The summed E-state index contributed by atoms with van der Waals surface area (Å²) in [6.07, 6.45) is 5.39. The van der Waals surface area contributed by atoms with E-state index in [1.807, 2.05) is 42.7 Å². The molecule has 0 spiro atoms. The van der Waals surface area contributed by atoms with Gasteiger partial charge in [0.05, 0.1) is 24.6 Å². The molecule has 0 unspecified atom stereocenters. The van der Waals surface area contributed by atoms with Gasteiger partial charge in [-0.1, -0.05) is 30.3 Å². The Labute approximate surface area is 167 Å². The molecule has 0 aliphatic heterocycles. The molecule has 6 nitrogen and oxygen atoms in total. The molecule has 2 aromatic heterocycles. The molecule has 0 fully saturated rings. The summed E-state index contributed by atoms with van der Waals surface area (Å²) in [4.78, 5) is 12.3. The summed E-state index contributed by atoms with van der Waals surface area (Å²) in [7, 11) is 3.30. The van der Waals surface area contributed by atoms with Gasteiger partial charge >= 0.3 is 0 Å². The van der Waals surface area contributed by atoms with Crippen LogP contribution in [0.2, 0.25) is 0 Å². The molecular weight excluding hydrogens is 364 g/mol. The van der Waals surface area contributed by atoms with Crippen molar-refractivity contribution in [3.05, 3.63) is 89.1 Å².